The minimum atomic E-state index is -0.199. The molecule has 4 rings (SSSR count). The van der Waals surface area contributed by atoms with E-state index < -0.39 is 0 Å². The van der Waals surface area contributed by atoms with Crippen molar-refractivity contribution in [2.45, 2.75) is 32.7 Å². The number of carbonyl (C=O) groups excluding carboxylic acids is 1. The van der Waals surface area contributed by atoms with Crippen LogP contribution >= 0.6 is 11.6 Å². The normalized spacial score (nSPS) is 20.2. The van der Waals surface area contributed by atoms with Crippen LogP contribution < -0.4 is 4.74 Å². The highest BCUT2D eigenvalue weighted by Gasteiger charge is 2.30. The SMILES string of the molecule is CCOc1ccc(Cl)c(CC2CCN(CC3COC(=O)N(Cc4ccccc4)C3)CC2)c1. The van der Waals surface area contributed by atoms with Crippen molar-refractivity contribution in [2.75, 3.05) is 39.4 Å². The quantitative estimate of drug-likeness (QED) is 0.543. The van der Waals surface area contributed by atoms with Crippen LogP contribution in [0.15, 0.2) is 48.5 Å². The summed E-state index contributed by atoms with van der Waals surface area (Å²) in [5.41, 5.74) is 2.32. The van der Waals surface area contributed by atoms with Gasteiger partial charge in [0.2, 0.25) is 0 Å². The molecule has 0 N–H and O–H groups in total. The van der Waals surface area contributed by atoms with Gasteiger partial charge in [-0.25, -0.2) is 4.79 Å². The Morgan fingerprint density at radius 2 is 1.88 bits per heavy atom. The van der Waals surface area contributed by atoms with Gasteiger partial charge >= 0.3 is 6.09 Å². The molecular formula is C26H33ClN2O3. The fourth-order valence-electron chi connectivity index (χ4n) is 4.78. The smallest absolute Gasteiger partial charge is 0.410 e. The van der Waals surface area contributed by atoms with E-state index in [0.29, 0.717) is 31.6 Å². The van der Waals surface area contributed by atoms with E-state index in [1.54, 1.807) is 0 Å². The summed E-state index contributed by atoms with van der Waals surface area (Å²) in [6.07, 6.45) is 3.12. The van der Waals surface area contributed by atoms with Crippen LogP contribution in [-0.2, 0) is 17.7 Å². The Bertz CT molecular complexity index is 884. The van der Waals surface area contributed by atoms with E-state index >= 15 is 0 Å². The van der Waals surface area contributed by atoms with Crippen molar-refractivity contribution >= 4 is 17.7 Å². The fourth-order valence-corrected chi connectivity index (χ4v) is 4.97. The van der Waals surface area contributed by atoms with Crippen LogP contribution in [0.25, 0.3) is 0 Å². The first-order valence-electron chi connectivity index (χ1n) is 11.7. The van der Waals surface area contributed by atoms with Crippen LogP contribution in [0.5, 0.6) is 5.75 Å². The number of piperidine rings is 1. The number of likely N-dealkylation sites (tertiary alicyclic amines) is 1. The number of hydrogen-bond donors (Lipinski definition) is 0. The Hall–Kier alpha value is -2.24. The molecule has 1 atom stereocenters. The number of benzene rings is 2. The molecule has 0 aliphatic carbocycles. The summed E-state index contributed by atoms with van der Waals surface area (Å²) in [6, 6.07) is 16.1. The van der Waals surface area contributed by atoms with E-state index in [1.807, 2.05) is 42.2 Å². The van der Waals surface area contributed by atoms with Gasteiger partial charge in [0, 0.05) is 30.6 Å². The van der Waals surface area contributed by atoms with Gasteiger partial charge in [-0.2, -0.15) is 0 Å². The fraction of sp³-hybridized carbons (Fsp3) is 0.500. The summed E-state index contributed by atoms with van der Waals surface area (Å²) in [7, 11) is 0. The molecule has 0 aromatic heterocycles. The molecule has 2 heterocycles. The molecule has 0 saturated carbocycles. The molecule has 0 radical (unpaired) electrons. The molecule has 2 aliphatic rings. The van der Waals surface area contributed by atoms with Gasteiger partial charge in [0.05, 0.1) is 13.2 Å². The third-order valence-corrected chi connectivity index (χ3v) is 6.82. The van der Waals surface area contributed by atoms with Crippen LogP contribution in [0.3, 0.4) is 0 Å². The molecule has 2 saturated heterocycles. The predicted molar refractivity (Wildman–Crippen MR) is 127 cm³/mol. The monoisotopic (exact) mass is 456 g/mol. The number of rotatable bonds is 8. The molecule has 1 amide bonds. The van der Waals surface area contributed by atoms with Gasteiger partial charge in [-0.3, -0.25) is 0 Å². The number of nitrogens with zero attached hydrogens (tertiary/aromatic N) is 2. The minimum Gasteiger partial charge on any atom is -0.494 e. The van der Waals surface area contributed by atoms with Crippen molar-refractivity contribution in [3.8, 4) is 5.75 Å². The summed E-state index contributed by atoms with van der Waals surface area (Å²) in [6.45, 7) is 7.69. The van der Waals surface area contributed by atoms with Gasteiger partial charge in [-0.15, -0.1) is 0 Å². The Morgan fingerprint density at radius 1 is 1.09 bits per heavy atom. The second kappa shape index (κ2) is 11.1. The van der Waals surface area contributed by atoms with Gasteiger partial charge in [-0.05, 0) is 74.5 Å². The maximum absolute atomic E-state index is 12.2. The van der Waals surface area contributed by atoms with Gasteiger partial charge in [-0.1, -0.05) is 41.9 Å². The van der Waals surface area contributed by atoms with Crippen LogP contribution in [0.2, 0.25) is 5.02 Å². The van der Waals surface area contributed by atoms with Crippen molar-refractivity contribution in [3.05, 3.63) is 64.7 Å². The summed E-state index contributed by atoms with van der Waals surface area (Å²) in [5, 5.41) is 0.832. The Labute approximate surface area is 196 Å². The van der Waals surface area contributed by atoms with Gasteiger partial charge < -0.3 is 19.3 Å². The predicted octanol–water partition coefficient (Wildman–Crippen LogP) is 5.26. The van der Waals surface area contributed by atoms with E-state index in [1.165, 1.54) is 5.56 Å². The lowest BCUT2D eigenvalue weighted by atomic mass is 9.89. The summed E-state index contributed by atoms with van der Waals surface area (Å²) in [5.74, 6) is 1.89. The Balaban J connectivity index is 1.25. The van der Waals surface area contributed by atoms with E-state index in [0.717, 1.165) is 61.8 Å². The summed E-state index contributed by atoms with van der Waals surface area (Å²) >= 11 is 6.44. The molecule has 0 spiro atoms. The lowest BCUT2D eigenvalue weighted by Gasteiger charge is -2.38. The van der Waals surface area contributed by atoms with Crippen LogP contribution in [-0.4, -0.2) is 55.3 Å². The lowest BCUT2D eigenvalue weighted by Crippen LogP contribution is -2.47. The third kappa shape index (κ3) is 6.17. The molecule has 2 aliphatic heterocycles. The van der Waals surface area contributed by atoms with Crippen molar-refractivity contribution in [2.24, 2.45) is 11.8 Å². The second-order valence-corrected chi connectivity index (χ2v) is 9.35. The average molecular weight is 457 g/mol. The first-order valence-corrected chi connectivity index (χ1v) is 12.1. The van der Waals surface area contributed by atoms with Crippen molar-refractivity contribution < 1.29 is 14.3 Å². The number of amides is 1. The topological polar surface area (TPSA) is 42.0 Å². The molecule has 6 heteroatoms. The Kier molecular flexibility index (Phi) is 7.93. The number of hydrogen-bond acceptors (Lipinski definition) is 4. The highest BCUT2D eigenvalue weighted by Crippen LogP contribution is 2.29. The van der Waals surface area contributed by atoms with E-state index in [9.17, 15) is 4.79 Å². The van der Waals surface area contributed by atoms with E-state index in [4.69, 9.17) is 21.1 Å². The maximum Gasteiger partial charge on any atom is 0.410 e. The number of carbonyl (C=O) groups is 1. The number of halogens is 1. The molecule has 2 aromatic rings. The summed E-state index contributed by atoms with van der Waals surface area (Å²) < 4.78 is 11.1. The van der Waals surface area contributed by atoms with Crippen molar-refractivity contribution in [1.29, 1.82) is 0 Å². The zero-order valence-corrected chi connectivity index (χ0v) is 19.6. The van der Waals surface area contributed by atoms with Crippen molar-refractivity contribution in [3.63, 3.8) is 0 Å². The van der Waals surface area contributed by atoms with Gasteiger partial charge in [0.15, 0.2) is 0 Å². The van der Waals surface area contributed by atoms with Crippen LogP contribution in [0, 0.1) is 11.8 Å². The standard InChI is InChI=1S/C26H33ClN2O3/c1-2-31-24-8-9-25(27)23(15-24)14-20-10-12-28(13-11-20)16-22-18-29(26(30)32-19-22)17-21-6-4-3-5-7-21/h3-9,15,20,22H,2,10-14,16-19H2,1H3. The molecule has 2 fully saturated rings. The van der Waals surface area contributed by atoms with Crippen molar-refractivity contribution in [1.82, 2.24) is 9.80 Å². The highest BCUT2D eigenvalue weighted by molar-refractivity contribution is 6.31. The number of ether oxygens (including phenoxy) is 2. The second-order valence-electron chi connectivity index (χ2n) is 8.94. The largest absolute Gasteiger partial charge is 0.494 e. The van der Waals surface area contributed by atoms with Crippen LogP contribution in [0.1, 0.15) is 30.9 Å². The van der Waals surface area contributed by atoms with Crippen LogP contribution in [0.4, 0.5) is 4.79 Å². The Morgan fingerprint density at radius 3 is 2.62 bits per heavy atom. The maximum atomic E-state index is 12.2. The first kappa shape index (κ1) is 22.9. The first-order chi connectivity index (χ1) is 15.6. The molecule has 32 heavy (non-hydrogen) atoms. The zero-order valence-electron chi connectivity index (χ0n) is 18.8. The average Bonchev–Trinajstić information content (AvgIpc) is 2.80. The molecule has 1 unspecified atom stereocenters. The summed E-state index contributed by atoms with van der Waals surface area (Å²) in [4.78, 5) is 16.6. The molecule has 5 nitrogen and oxygen atoms in total. The third-order valence-electron chi connectivity index (χ3n) is 6.46. The van der Waals surface area contributed by atoms with E-state index in [-0.39, 0.29) is 6.09 Å². The minimum absolute atomic E-state index is 0.199. The highest BCUT2D eigenvalue weighted by atomic mass is 35.5. The molecular weight excluding hydrogens is 424 g/mol. The molecule has 0 bridgehead atoms. The van der Waals surface area contributed by atoms with Gasteiger partial charge in [0.1, 0.15) is 5.75 Å². The van der Waals surface area contributed by atoms with E-state index in [2.05, 4.69) is 23.1 Å². The molecule has 2 aromatic carbocycles. The number of cyclic esters (lactones) is 1. The zero-order chi connectivity index (χ0) is 22.3. The van der Waals surface area contributed by atoms with Gasteiger partial charge in [0.25, 0.3) is 0 Å². The lowest BCUT2D eigenvalue weighted by molar-refractivity contribution is 0.0242. The molecule has 172 valence electrons.